The van der Waals surface area contributed by atoms with Gasteiger partial charge in [-0.2, -0.15) is 16.7 Å². The van der Waals surface area contributed by atoms with Crippen LogP contribution in [0.25, 0.3) is 0 Å². The summed E-state index contributed by atoms with van der Waals surface area (Å²) in [6.07, 6.45) is 9.09. The molecule has 0 atom stereocenters. The molecule has 1 fully saturated rings. The van der Waals surface area contributed by atoms with Gasteiger partial charge in [0.15, 0.2) is 0 Å². The van der Waals surface area contributed by atoms with Crippen LogP contribution in [0.4, 0.5) is 11.8 Å². The Kier molecular flexibility index (Phi) is 4.48. The molecule has 0 aromatic carbocycles. The lowest BCUT2D eigenvalue weighted by Crippen LogP contribution is -2.27. The Morgan fingerprint density at radius 2 is 2.06 bits per heavy atom. The zero-order valence-electron chi connectivity index (χ0n) is 10.4. The Morgan fingerprint density at radius 1 is 1.29 bits per heavy atom. The first-order chi connectivity index (χ1) is 8.31. The van der Waals surface area contributed by atoms with Crippen molar-refractivity contribution in [3.63, 3.8) is 0 Å². The summed E-state index contributed by atoms with van der Waals surface area (Å²) in [5, 5.41) is 7.31. The quantitative estimate of drug-likeness (QED) is 0.862. The number of nitrogens with one attached hydrogen (secondary N) is 2. The smallest absolute Gasteiger partial charge is 0.224 e. The largest absolute Gasteiger partial charge is 0.367 e. The second kappa shape index (κ2) is 6.10. The second-order valence-corrected chi connectivity index (χ2v) is 5.51. The minimum absolute atomic E-state index is 0.568. The first kappa shape index (κ1) is 12.5. The van der Waals surface area contributed by atoms with Gasteiger partial charge in [0.1, 0.15) is 5.82 Å². The number of hydrogen-bond donors (Lipinski definition) is 2. The lowest BCUT2D eigenvalue weighted by atomic mass is 9.95. The molecular weight excluding hydrogens is 232 g/mol. The van der Waals surface area contributed by atoms with Crippen molar-refractivity contribution < 1.29 is 0 Å². The Bertz CT molecular complexity index is 350. The Morgan fingerprint density at radius 3 is 2.71 bits per heavy atom. The van der Waals surface area contributed by atoms with E-state index in [1.54, 1.807) is 6.20 Å². The third kappa shape index (κ3) is 3.49. The van der Waals surface area contributed by atoms with Gasteiger partial charge in [-0.3, -0.25) is 0 Å². The average molecular weight is 252 g/mol. The van der Waals surface area contributed by atoms with Crippen molar-refractivity contribution in [3.05, 3.63) is 12.3 Å². The van der Waals surface area contributed by atoms with Crippen LogP contribution < -0.4 is 10.6 Å². The van der Waals surface area contributed by atoms with Gasteiger partial charge in [-0.05, 0) is 38.0 Å². The molecule has 5 heteroatoms. The third-order valence-electron chi connectivity index (χ3n) is 3.24. The average Bonchev–Trinajstić information content (AvgIpc) is 2.40. The van der Waals surface area contributed by atoms with Crippen LogP contribution in [0.15, 0.2) is 12.3 Å². The summed E-state index contributed by atoms with van der Waals surface area (Å²) in [7, 11) is 1.84. The van der Waals surface area contributed by atoms with E-state index in [0.717, 1.165) is 11.1 Å². The predicted molar refractivity (Wildman–Crippen MR) is 74.8 cm³/mol. The summed E-state index contributed by atoms with van der Waals surface area (Å²) < 4.78 is 0. The van der Waals surface area contributed by atoms with E-state index in [1.807, 2.05) is 24.9 Å². The van der Waals surface area contributed by atoms with E-state index in [1.165, 1.54) is 25.7 Å². The zero-order chi connectivity index (χ0) is 12.1. The third-order valence-corrected chi connectivity index (χ3v) is 4.38. The van der Waals surface area contributed by atoms with Crippen LogP contribution in [-0.4, -0.2) is 34.6 Å². The van der Waals surface area contributed by atoms with Crippen molar-refractivity contribution in [2.24, 2.45) is 0 Å². The van der Waals surface area contributed by atoms with Crippen molar-refractivity contribution in [2.75, 3.05) is 23.9 Å². The van der Waals surface area contributed by atoms with Gasteiger partial charge >= 0.3 is 0 Å². The van der Waals surface area contributed by atoms with E-state index in [4.69, 9.17) is 0 Å². The molecule has 2 rings (SSSR count). The van der Waals surface area contributed by atoms with Crippen LogP contribution in [0.5, 0.6) is 0 Å². The first-order valence-electron chi connectivity index (χ1n) is 6.12. The van der Waals surface area contributed by atoms with Crippen molar-refractivity contribution in [1.29, 1.82) is 0 Å². The predicted octanol–water partition coefficient (Wildman–Crippen LogP) is 2.60. The van der Waals surface area contributed by atoms with Crippen LogP contribution in [0, 0.1) is 0 Å². The number of aromatic nitrogens is 2. The summed E-state index contributed by atoms with van der Waals surface area (Å²) in [6.45, 7) is 0. The van der Waals surface area contributed by atoms with E-state index >= 15 is 0 Å². The van der Waals surface area contributed by atoms with Crippen molar-refractivity contribution in [1.82, 2.24) is 9.97 Å². The molecule has 0 bridgehead atoms. The van der Waals surface area contributed by atoms with Crippen LogP contribution in [0.3, 0.4) is 0 Å². The van der Waals surface area contributed by atoms with Crippen LogP contribution in [0.2, 0.25) is 0 Å². The summed E-state index contributed by atoms with van der Waals surface area (Å²) in [5.41, 5.74) is 0. The van der Waals surface area contributed by atoms with Gasteiger partial charge in [0.05, 0.1) is 0 Å². The highest BCUT2D eigenvalue weighted by Crippen LogP contribution is 2.28. The molecule has 0 saturated heterocycles. The number of hydrogen-bond acceptors (Lipinski definition) is 5. The summed E-state index contributed by atoms with van der Waals surface area (Å²) >= 11 is 2.00. The maximum Gasteiger partial charge on any atom is 0.224 e. The molecule has 0 unspecified atom stereocenters. The molecular formula is C12H20N4S. The summed E-state index contributed by atoms with van der Waals surface area (Å²) in [6, 6.07) is 2.50. The molecule has 1 aliphatic rings. The van der Waals surface area contributed by atoms with E-state index in [0.29, 0.717) is 12.0 Å². The van der Waals surface area contributed by atoms with Gasteiger partial charge in [0, 0.05) is 24.5 Å². The Labute approximate surface area is 107 Å². The molecule has 0 amide bonds. The summed E-state index contributed by atoms with van der Waals surface area (Å²) in [5.74, 6) is 1.60. The maximum atomic E-state index is 4.39. The fraction of sp³-hybridized carbons (Fsp3) is 0.667. The van der Waals surface area contributed by atoms with Crippen molar-refractivity contribution in [3.8, 4) is 0 Å². The summed E-state index contributed by atoms with van der Waals surface area (Å²) in [4.78, 5) is 8.50. The molecule has 1 heterocycles. The SMILES string of the molecule is CNc1nccc(NC2CCC(SC)CC2)n1. The molecule has 1 aromatic rings. The van der Waals surface area contributed by atoms with Gasteiger partial charge < -0.3 is 10.6 Å². The monoisotopic (exact) mass is 252 g/mol. The highest BCUT2D eigenvalue weighted by molar-refractivity contribution is 7.99. The molecule has 2 N–H and O–H groups in total. The lowest BCUT2D eigenvalue weighted by molar-refractivity contribution is 0.472. The molecule has 1 aromatic heterocycles. The van der Waals surface area contributed by atoms with Gasteiger partial charge in [-0.1, -0.05) is 0 Å². The second-order valence-electron chi connectivity index (χ2n) is 4.37. The zero-order valence-corrected chi connectivity index (χ0v) is 11.3. The molecule has 0 radical (unpaired) electrons. The van der Waals surface area contributed by atoms with Gasteiger partial charge in [0.25, 0.3) is 0 Å². The Balaban J connectivity index is 1.88. The molecule has 1 aliphatic carbocycles. The Hall–Kier alpha value is -0.970. The molecule has 4 nitrogen and oxygen atoms in total. The molecule has 94 valence electrons. The van der Waals surface area contributed by atoms with Crippen molar-refractivity contribution >= 4 is 23.5 Å². The highest BCUT2D eigenvalue weighted by Gasteiger charge is 2.20. The minimum Gasteiger partial charge on any atom is -0.367 e. The molecule has 0 aliphatic heterocycles. The maximum absolute atomic E-state index is 4.39. The standard InChI is InChI=1S/C12H20N4S/c1-13-12-14-8-7-11(16-12)15-9-3-5-10(17-2)6-4-9/h7-10H,3-6H2,1-2H3,(H2,13,14,15,16). The van der Waals surface area contributed by atoms with Gasteiger partial charge in [-0.15, -0.1) is 0 Å². The first-order valence-corrected chi connectivity index (χ1v) is 7.40. The van der Waals surface area contributed by atoms with E-state index < -0.39 is 0 Å². The fourth-order valence-electron chi connectivity index (χ4n) is 2.21. The van der Waals surface area contributed by atoms with Gasteiger partial charge in [-0.25, -0.2) is 4.98 Å². The fourth-order valence-corrected chi connectivity index (χ4v) is 2.96. The van der Waals surface area contributed by atoms with Crippen molar-refractivity contribution in [2.45, 2.75) is 37.0 Å². The van der Waals surface area contributed by atoms with Gasteiger partial charge in [0.2, 0.25) is 5.95 Å². The topological polar surface area (TPSA) is 49.8 Å². The number of rotatable bonds is 4. The van der Waals surface area contributed by atoms with Crippen LogP contribution >= 0.6 is 11.8 Å². The van der Waals surface area contributed by atoms with E-state index in [2.05, 4.69) is 26.9 Å². The van der Waals surface area contributed by atoms with Crippen LogP contribution in [-0.2, 0) is 0 Å². The number of nitrogens with zero attached hydrogens (tertiary/aromatic N) is 2. The molecule has 0 spiro atoms. The van der Waals surface area contributed by atoms with E-state index in [9.17, 15) is 0 Å². The number of anilines is 2. The number of thioether (sulfide) groups is 1. The lowest BCUT2D eigenvalue weighted by Gasteiger charge is -2.28. The molecule has 1 saturated carbocycles. The highest BCUT2D eigenvalue weighted by atomic mass is 32.2. The van der Waals surface area contributed by atoms with Crippen LogP contribution in [0.1, 0.15) is 25.7 Å². The van der Waals surface area contributed by atoms with E-state index in [-0.39, 0.29) is 0 Å². The molecule has 17 heavy (non-hydrogen) atoms. The minimum atomic E-state index is 0.568. The normalized spacial score (nSPS) is 24.4.